The molecule has 0 aliphatic rings. The van der Waals surface area contributed by atoms with Gasteiger partial charge < -0.3 is 4.74 Å². The van der Waals surface area contributed by atoms with E-state index in [-0.39, 0.29) is 5.69 Å². The van der Waals surface area contributed by atoms with Gasteiger partial charge in [-0.15, -0.1) is 0 Å². The van der Waals surface area contributed by atoms with E-state index < -0.39 is 17.7 Å². The van der Waals surface area contributed by atoms with Gasteiger partial charge in [-0.3, -0.25) is 0 Å². The molecule has 0 N–H and O–H groups in total. The van der Waals surface area contributed by atoms with Gasteiger partial charge >= 0.3 is 12.1 Å². The zero-order valence-corrected chi connectivity index (χ0v) is 9.28. The largest absolute Gasteiger partial charge is 0.464 e. The SMILES string of the molecule is COC(=O)c1cc2ccc(C(F)(F)F)cc2cn1. The minimum atomic E-state index is -4.39. The number of rotatable bonds is 1. The third-order valence-electron chi connectivity index (χ3n) is 2.44. The summed E-state index contributed by atoms with van der Waals surface area (Å²) >= 11 is 0. The molecule has 0 spiro atoms. The molecule has 2 rings (SSSR count). The van der Waals surface area contributed by atoms with Crippen molar-refractivity contribution in [1.82, 2.24) is 4.98 Å². The summed E-state index contributed by atoms with van der Waals surface area (Å²) in [7, 11) is 1.21. The highest BCUT2D eigenvalue weighted by Gasteiger charge is 2.30. The van der Waals surface area contributed by atoms with Gasteiger partial charge in [0.1, 0.15) is 5.69 Å². The lowest BCUT2D eigenvalue weighted by Gasteiger charge is -2.08. The molecule has 0 aliphatic heterocycles. The van der Waals surface area contributed by atoms with Crippen LogP contribution in [0.25, 0.3) is 10.8 Å². The molecule has 0 amide bonds. The smallest absolute Gasteiger partial charge is 0.416 e. The normalized spacial score (nSPS) is 11.6. The fourth-order valence-electron chi connectivity index (χ4n) is 1.53. The number of carbonyl (C=O) groups is 1. The van der Waals surface area contributed by atoms with E-state index in [4.69, 9.17) is 0 Å². The number of hydrogen-bond donors (Lipinski definition) is 0. The fraction of sp³-hybridized carbons (Fsp3) is 0.167. The van der Waals surface area contributed by atoms with Crippen LogP contribution in [0.3, 0.4) is 0 Å². The maximum Gasteiger partial charge on any atom is 0.416 e. The van der Waals surface area contributed by atoms with Crippen LogP contribution in [0.2, 0.25) is 0 Å². The summed E-state index contributed by atoms with van der Waals surface area (Å²) in [5.41, 5.74) is -0.688. The van der Waals surface area contributed by atoms with Crippen molar-refractivity contribution in [2.24, 2.45) is 0 Å². The molecule has 2 aromatic rings. The van der Waals surface area contributed by atoms with Crippen LogP contribution >= 0.6 is 0 Å². The van der Waals surface area contributed by atoms with Crippen molar-refractivity contribution >= 4 is 16.7 Å². The van der Waals surface area contributed by atoms with Gasteiger partial charge in [0.2, 0.25) is 0 Å². The number of hydrogen-bond acceptors (Lipinski definition) is 3. The first-order chi connectivity index (χ1) is 8.41. The van der Waals surface area contributed by atoms with Crippen LogP contribution in [0.15, 0.2) is 30.5 Å². The Morgan fingerprint density at radius 2 is 1.94 bits per heavy atom. The number of methoxy groups -OCH3 is 1. The summed E-state index contributed by atoms with van der Waals surface area (Å²) < 4.78 is 41.9. The van der Waals surface area contributed by atoms with Gasteiger partial charge in [-0.05, 0) is 23.6 Å². The molecule has 1 heterocycles. The zero-order valence-electron chi connectivity index (χ0n) is 9.28. The first-order valence-electron chi connectivity index (χ1n) is 4.97. The Balaban J connectivity index is 2.52. The summed E-state index contributed by atoms with van der Waals surface area (Å²) in [5.74, 6) is -0.628. The van der Waals surface area contributed by atoms with Crippen molar-refractivity contribution < 1.29 is 22.7 Å². The van der Waals surface area contributed by atoms with Gasteiger partial charge in [0.25, 0.3) is 0 Å². The second-order valence-electron chi connectivity index (χ2n) is 3.62. The summed E-state index contributed by atoms with van der Waals surface area (Å²) in [6.07, 6.45) is -3.17. The number of alkyl halides is 3. The van der Waals surface area contributed by atoms with Crippen molar-refractivity contribution in [2.45, 2.75) is 6.18 Å². The zero-order chi connectivity index (χ0) is 13.3. The molecular weight excluding hydrogens is 247 g/mol. The lowest BCUT2D eigenvalue weighted by molar-refractivity contribution is -0.137. The maximum atomic E-state index is 12.5. The number of aromatic nitrogens is 1. The Kier molecular flexibility index (Phi) is 2.94. The number of ether oxygens (including phenoxy) is 1. The number of nitrogens with zero attached hydrogens (tertiary/aromatic N) is 1. The van der Waals surface area contributed by atoms with Gasteiger partial charge in [0, 0.05) is 11.6 Å². The van der Waals surface area contributed by atoms with E-state index in [2.05, 4.69) is 9.72 Å². The maximum absolute atomic E-state index is 12.5. The molecule has 0 unspecified atom stereocenters. The average Bonchev–Trinajstić information content (AvgIpc) is 2.35. The number of benzene rings is 1. The Bertz CT molecular complexity index is 608. The Morgan fingerprint density at radius 3 is 2.56 bits per heavy atom. The van der Waals surface area contributed by atoms with Crippen LogP contribution < -0.4 is 0 Å². The molecule has 94 valence electrons. The third kappa shape index (κ3) is 2.27. The van der Waals surface area contributed by atoms with Crippen LogP contribution in [0.5, 0.6) is 0 Å². The number of esters is 1. The molecule has 0 bridgehead atoms. The van der Waals surface area contributed by atoms with E-state index in [0.29, 0.717) is 10.8 Å². The summed E-state index contributed by atoms with van der Waals surface area (Å²) in [6.45, 7) is 0. The minimum absolute atomic E-state index is 0.0600. The molecule has 0 fully saturated rings. The van der Waals surface area contributed by atoms with E-state index in [9.17, 15) is 18.0 Å². The van der Waals surface area contributed by atoms with Gasteiger partial charge in [-0.1, -0.05) is 6.07 Å². The van der Waals surface area contributed by atoms with Crippen molar-refractivity contribution in [3.8, 4) is 0 Å². The fourth-order valence-corrected chi connectivity index (χ4v) is 1.53. The van der Waals surface area contributed by atoms with Gasteiger partial charge in [0.05, 0.1) is 12.7 Å². The topological polar surface area (TPSA) is 39.2 Å². The van der Waals surface area contributed by atoms with Crippen molar-refractivity contribution in [3.63, 3.8) is 0 Å². The van der Waals surface area contributed by atoms with Crippen molar-refractivity contribution in [3.05, 3.63) is 41.7 Å². The van der Waals surface area contributed by atoms with E-state index in [1.54, 1.807) is 0 Å². The molecule has 18 heavy (non-hydrogen) atoms. The molecule has 6 heteroatoms. The molecule has 0 aliphatic carbocycles. The average molecular weight is 255 g/mol. The lowest BCUT2D eigenvalue weighted by Crippen LogP contribution is -2.06. The van der Waals surface area contributed by atoms with Crippen molar-refractivity contribution in [1.29, 1.82) is 0 Å². The second kappa shape index (κ2) is 4.29. The Hall–Kier alpha value is -2.11. The molecule has 0 radical (unpaired) electrons. The van der Waals surface area contributed by atoms with E-state index in [1.165, 1.54) is 25.4 Å². The van der Waals surface area contributed by atoms with E-state index >= 15 is 0 Å². The van der Waals surface area contributed by atoms with Gasteiger partial charge in [-0.25, -0.2) is 9.78 Å². The van der Waals surface area contributed by atoms with Crippen LogP contribution in [-0.2, 0) is 10.9 Å². The highest BCUT2D eigenvalue weighted by molar-refractivity contribution is 5.93. The van der Waals surface area contributed by atoms with Crippen LogP contribution in [0.1, 0.15) is 16.1 Å². The number of pyridine rings is 1. The minimum Gasteiger partial charge on any atom is -0.464 e. The van der Waals surface area contributed by atoms with Gasteiger partial charge in [-0.2, -0.15) is 13.2 Å². The summed E-state index contributed by atoms with van der Waals surface area (Å²) in [5, 5.41) is 0.816. The first-order valence-corrected chi connectivity index (χ1v) is 4.97. The van der Waals surface area contributed by atoms with E-state index in [1.807, 2.05) is 0 Å². The molecule has 3 nitrogen and oxygen atoms in total. The number of carbonyl (C=O) groups excluding carboxylic acids is 1. The Morgan fingerprint density at radius 1 is 1.22 bits per heavy atom. The Labute approximate surface area is 100 Å². The number of halogens is 3. The molecule has 0 atom stereocenters. The molecule has 1 aromatic heterocycles. The lowest BCUT2D eigenvalue weighted by atomic mass is 10.1. The highest BCUT2D eigenvalue weighted by atomic mass is 19.4. The summed E-state index contributed by atoms with van der Waals surface area (Å²) in [6, 6.07) is 4.64. The second-order valence-corrected chi connectivity index (χ2v) is 3.62. The first kappa shape index (κ1) is 12.3. The predicted octanol–water partition coefficient (Wildman–Crippen LogP) is 3.04. The highest BCUT2D eigenvalue weighted by Crippen LogP contribution is 2.31. The summed E-state index contributed by atoms with van der Waals surface area (Å²) in [4.78, 5) is 15.0. The quantitative estimate of drug-likeness (QED) is 0.735. The molecule has 1 aromatic carbocycles. The van der Waals surface area contributed by atoms with Crippen LogP contribution in [-0.4, -0.2) is 18.1 Å². The molecule has 0 saturated carbocycles. The number of fused-ring (bicyclic) bond motifs is 1. The monoisotopic (exact) mass is 255 g/mol. The molecule has 0 saturated heterocycles. The van der Waals surface area contributed by atoms with Crippen LogP contribution in [0.4, 0.5) is 13.2 Å². The van der Waals surface area contributed by atoms with Gasteiger partial charge in [0.15, 0.2) is 0 Å². The van der Waals surface area contributed by atoms with Crippen LogP contribution in [0, 0.1) is 0 Å². The van der Waals surface area contributed by atoms with Crippen molar-refractivity contribution in [2.75, 3.05) is 7.11 Å². The predicted molar refractivity (Wildman–Crippen MR) is 58.1 cm³/mol. The standard InChI is InChI=1S/C12H8F3NO2/c1-18-11(17)10-5-7-2-3-9(12(13,14)15)4-8(7)6-16-10/h2-6H,1H3. The third-order valence-corrected chi connectivity index (χ3v) is 2.44. The van der Waals surface area contributed by atoms with E-state index in [0.717, 1.165) is 12.1 Å². The molecular formula is C12H8F3NO2.